The third-order valence-electron chi connectivity index (χ3n) is 17.0. The van der Waals surface area contributed by atoms with Crippen molar-refractivity contribution in [1.29, 1.82) is 0 Å². The third-order valence-corrected chi connectivity index (χ3v) is 18.6. The van der Waals surface area contributed by atoms with Crippen molar-refractivity contribution in [3.05, 3.63) is 146 Å². The highest BCUT2D eigenvalue weighted by Crippen LogP contribution is 2.44. The van der Waals surface area contributed by atoms with Crippen LogP contribution < -0.4 is 35.0 Å². The molecule has 22 heteroatoms. The minimum Gasteiger partial charge on any atom is -0.493 e. The molecule has 84 heavy (non-hydrogen) atoms. The number of sulfonamides is 1. The summed E-state index contributed by atoms with van der Waals surface area (Å²) in [5, 5.41) is 23.1. The molecule has 0 radical (unpaired) electrons. The van der Waals surface area contributed by atoms with Crippen molar-refractivity contribution in [2.75, 3.05) is 62.6 Å². The number of fused-ring (bicyclic) bond motifs is 2. The number of nitrogens with one attached hydrogen (secondary N) is 5. The first kappa shape index (κ1) is 57.9. The zero-order chi connectivity index (χ0) is 58.7. The smallest absolute Gasteiger partial charge is 0.293 e. The number of benzene rings is 4. The maximum atomic E-state index is 14.2. The van der Waals surface area contributed by atoms with Gasteiger partial charge in [-0.25, -0.2) is 18.1 Å². The Labute approximate surface area is 492 Å². The third kappa shape index (κ3) is 13.2. The number of amides is 4. The Bertz CT molecular complexity index is 3650. The van der Waals surface area contributed by atoms with Crippen molar-refractivity contribution in [3.8, 4) is 17.2 Å². The number of piperazine rings is 1. The van der Waals surface area contributed by atoms with Crippen molar-refractivity contribution >= 4 is 78.9 Å². The van der Waals surface area contributed by atoms with E-state index in [0.29, 0.717) is 61.9 Å². The molecule has 1 saturated carbocycles. The van der Waals surface area contributed by atoms with E-state index < -0.39 is 43.4 Å². The van der Waals surface area contributed by atoms with Gasteiger partial charge in [-0.05, 0) is 147 Å². The molecule has 4 amide bonds. The van der Waals surface area contributed by atoms with Crippen LogP contribution in [0.25, 0.3) is 16.6 Å². The number of piperidine rings is 1. The van der Waals surface area contributed by atoms with Crippen LogP contribution in [0, 0.1) is 21.4 Å². The van der Waals surface area contributed by atoms with Crippen LogP contribution in [-0.2, 0) is 26.2 Å². The lowest BCUT2D eigenvalue weighted by Crippen LogP contribution is -2.52. The highest BCUT2D eigenvalue weighted by molar-refractivity contribution is 7.90. The number of hydrogen-bond acceptors (Lipinski definition) is 15. The molecule has 4 aromatic carbocycles. The molecule has 3 fully saturated rings. The number of hydrogen-bond donors (Lipinski definition) is 5. The number of imide groups is 1. The number of anilines is 2. The Morgan fingerprint density at radius 3 is 2.49 bits per heavy atom. The molecule has 20 nitrogen and oxygen atoms in total. The number of aromatic nitrogens is 2. The number of nitro benzene ring substituents is 1. The fraction of sp³-hybridized carbons (Fsp3) is 0.403. The van der Waals surface area contributed by atoms with Crippen LogP contribution in [-0.4, -0.2) is 121 Å². The van der Waals surface area contributed by atoms with E-state index in [1.165, 1.54) is 46.0 Å². The maximum absolute atomic E-state index is 14.2. The van der Waals surface area contributed by atoms with E-state index in [2.05, 4.69) is 66.4 Å². The highest BCUT2D eigenvalue weighted by atomic mass is 35.5. The Morgan fingerprint density at radius 2 is 1.71 bits per heavy atom. The highest BCUT2D eigenvalue weighted by Gasteiger charge is 2.40. The van der Waals surface area contributed by atoms with Crippen molar-refractivity contribution in [1.82, 2.24) is 35.1 Å². The van der Waals surface area contributed by atoms with Crippen LogP contribution in [0.3, 0.4) is 0 Å². The predicted octanol–water partition coefficient (Wildman–Crippen LogP) is 9.61. The molecular weight excluding hydrogens is 1110 g/mol. The molecule has 1 unspecified atom stereocenters. The van der Waals surface area contributed by atoms with Crippen LogP contribution in [0.5, 0.6) is 17.2 Å². The fourth-order valence-electron chi connectivity index (χ4n) is 12.3. The Balaban J connectivity index is 0.681. The standard InChI is InChI=1S/C62H69ClN10O10S/c1-62(2)23-21-42(50(34-62)40-9-11-43(63)12-10-40)37-70-26-28-71(29-27-70)45-15-17-49(56(32-45)83-46-31-41-22-25-65-58(41)67-36-46)59(75)69-84(80,81)47-16-18-52(54(33-47)73(78)79)66-35-39-7-13-44(14-8-39)64-24-4-30-82-55-6-3-5-48-51(55)38-72(61(48)77)53-19-20-57(74)68-60(53)76/h3,5-6,9-12,15-18,22,25,31-33,36,39,44,53,64,66H,4,7-8,13-14,19-21,23-24,26-30,34-35,37-38H2,1-2H3,(H,65,67)(H,69,75)(H,68,74,76). The molecule has 440 valence electrons. The van der Waals surface area contributed by atoms with Gasteiger partial charge in [-0.2, -0.15) is 0 Å². The number of rotatable bonds is 20. The van der Waals surface area contributed by atoms with E-state index in [4.69, 9.17) is 21.1 Å². The summed E-state index contributed by atoms with van der Waals surface area (Å²) in [5.41, 5.74) is 6.62. The summed E-state index contributed by atoms with van der Waals surface area (Å²) in [6.45, 7) is 10.3. The summed E-state index contributed by atoms with van der Waals surface area (Å²) < 4.78 is 42.6. The van der Waals surface area contributed by atoms with E-state index >= 15 is 0 Å². The Morgan fingerprint density at radius 1 is 0.917 bits per heavy atom. The van der Waals surface area contributed by atoms with Crippen LogP contribution in [0.1, 0.15) is 110 Å². The first-order valence-electron chi connectivity index (χ1n) is 28.8. The van der Waals surface area contributed by atoms with Crippen LogP contribution in [0.15, 0.2) is 114 Å². The second-order valence-electron chi connectivity index (χ2n) is 23.4. The molecular formula is C62H69ClN10O10S. The van der Waals surface area contributed by atoms with E-state index in [9.17, 15) is 37.7 Å². The van der Waals surface area contributed by atoms with E-state index in [0.717, 1.165) is 92.3 Å². The molecule has 2 aromatic heterocycles. The fourth-order valence-corrected chi connectivity index (χ4v) is 13.4. The lowest BCUT2D eigenvalue weighted by Gasteiger charge is -2.39. The number of ether oxygens (including phenoxy) is 2. The summed E-state index contributed by atoms with van der Waals surface area (Å²) in [7, 11) is -4.63. The molecule has 1 atom stereocenters. The molecule has 3 aliphatic heterocycles. The maximum Gasteiger partial charge on any atom is 0.293 e. The lowest BCUT2D eigenvalue weighted by atomic mass is 9.72. The van der Waals surface area contributed by atoms with Gasteiger partial charge in [0.15, 0.2) is 0 Å². The van der Waals surface area contributed by atoms with Crippen molar-refractivity contribution in [2.24, 2.45) is 11.3 Å². The van der Waals surface area contributed by atoms with Gasteiger partial charge in [0.05, 0.1) is 34.7 Å². The van der Waals surface area contributed by atoms with Gasteiger partial charge in [0, 0.05) is 97.3 Å². The number of halogens is 1. The Hall–Kier alpha value is -7.85. The lowest BCUT2D eigenvalue weighted by molar-refractivity contribution is -0.384. The zero-order valence-electron chi connectivity index (χ0n) is 47.1. The van der Waals surface area contributed by atoms with Crippen molar-refractivity contribution in [2.45, 2.75) is 102 Å². The molecule has 5 heterocycles. The topological polar surface area (TPSA) is 251 Å². The number of carbonyl (C=O) groups is 4. The van der Waals surface area contributed by atoms with Crippen LogP contribution >= 0.6 is 11.6 Å². The van der Waals surface area contributed by atoms with Gasteiger partial charge in [0.2, 0.25) is 11.8 Å². The summed E-state index contributed by atoms with van der Waals surface area (Å²) in [5.74, 6) is -0.754. The van der Waals surface area contributed by atoms with Crippen molar-refractivity contribution < 1.29 is 42.0 Å². The second kappa shape index (κ2) is 24.8. The minimum atomic E-state index is -4.63. The van der Waals surface area contributed by atoms with Gasteiger partial charge in [0.1, 0.15) is 34.6 Å². The average Bonchev–Trinajstić information content (AvgIpc) is 2.72. The predicted molar refractivity (Wildman–Crippen MR) is 320 cm³/mol. The minimum absolute atomic E-state index is 0.0583. The first-order valence-corrected chi connectivity index (χ1v) is 30.7. The number of allylic oxidation sites excluding steroid dienone is 1. The molecule has 6 aromatic rings. The quantitative estimate of drug-likeness (QED) is 0.0207. The number of carbonyl (C=O) groups excluding carboxylic acids is 4. The monoisotopic (exact) mass is 1180 g/mol. The number of aromatic amines is 1. The molecule has 2 aliphatic carbocycles. The van der Waals surface area contributed by atoms with E-state index in [-0.39, 0.29) is 65.6 Å². The number of H-pyrrole nitrogens is 1. The largest absolute Gasteiger partial charge is 0.493 e. The number of nitro groups is 1. The van der Waals surface area contributed by atoms with E-state index in [1.807, 2.05) is 24.3 Å². The van der Waals surface area contributed by atoms with Gasteiger partial charge >= 0.3 is 0 Å². The number of nitrogens with zero attached hydrogens (tertiary/aromatic N) is 5. The molecule has 0 spiro atoms. The second-order valence-corrected chi connectivity index (χ2v) is 25.5. The Kier molecular flexibility index (Phi) is 17.1. The van der Waals surface area contributed by atoms with Gasteiger partial charge in [0.25, 0.3) is 27.5 Å². The van der Waals surface area contributed by atoms with Gasteiger partial charge in [-0.1, -0.05) is 49.2 Å². The summed E-state index contributed by atoms with van der Waals surface area (Å²) >= 11 is 6.27. The van der Waals surface area contributed by atoms with Crippen LogP contribution in [0.4, 0.5) is 17.1 Å². The molecule has 5 N–H and O–H groups in total. The molecule has 2 saturated heterocycles. The van der Waals surface area contributed by atoms with Gasteiger partial charge < -0.3 is 34.9 Å². The van der Waals surface area contributed by atoms with E-state index in [1.54, 1.807) is 36.5 Å². The average molecular weight is 1180 g/mol. The summed E-state index contributed by atoms with van der Waals surface area (Å²) in [4.78, 5) is 76.7. The molecule has 11 rings (SSSR count). The van der Waals surface area contributed by atoms with Crippen molar-refractivity contribution in [3.63, 3.8) is 0 Å². The number of pyridine rings is 1. The SMILES string of the molecule is CC1(C)CCC(CN2CCN(c3ccc(C(=O)NS(=O)(=O)c4ccc(NCC5CCC(NCCCOc6cccc7c6CN(C6CCC(=O)NC6=O)C7=O)CC5)c([N+](=O)[O-])c4)c(Oc4cnc5[nH]ccc5c4)c3)CC2)=C(c2ccc(Cl)cc2)C1. The zero-order valence-corrected chi connectivity index (χ0v) is 48.7. The first-order chi connectivity index (χ1) is 40.4. The normalized spacial score (nSPS) is 20.2. The molecule has 0 bridgehead atoms. The summed E-state index contributed by atoms with van der Waals surface area (Å²) in [6.07, 6.45) is 11.1. The molecule has 5 aliphatic rings. The van der Waals surface area contributed by atoms with Gasteiger partial charge in [-0.15, -0.1) is 0 Å². The van der Waals surface area contributed by atoms with Crippen LogP contribution in [0.2, 0.25) is 5.02 Å². The van der Waals surface area contributed by atoms with Gasteiger partial charge in [-0.3, -0.25) is 39.5 Å². The summed E-state index contributed by atoms with van der Waals surface area (Å²) in [6, 6.07) is 25.3.